The second-order valence-electron chi connectivity index (χ2n) is 5.64. The van der Waals surface area contributed by atoms with Crippen LogP contribution in [0.2, 0.25) is 0 Å². The van der Waals surface area contributed by atoms with Crippen LogP contribution in [0.25, 0.3) is 0 Å². The van der Waals surface area contributed by atoms with E-state index in [9.17, 15) is 29.8 Å². The van der Waals surface area contributed by atoms with Crippen LogP contribution < -0.4 is 10.1 Å². The van der Waals surface area contributed by atoms with Crippen molar-refractivity contribution in [3.63, 3.8) is 0 Å². The summed E-state index contributed by atoms with van der Waals surface area (Å²) < 4.78 is 5.30. The fraction of sp³-hybridized carbons (Fsp3) is 0.500. The van der Waals surface area contributed by atoms with Crippen molar-refractivity contribution in [2.24, 2.45) is 0 Å². The molecule has 0 fully saturated rings. The van der Waals surface area contributed by atoms with Gasteiger partial charge in [-0.25, -0.2) is 0 Å². The number of rotatable bonds is 9. The molecule has 1 aromatic rings. The first kappa shape index (κ1) is 22.8. The zero-order valence-electron chi connectivity index (χ0n) is 15.8. The maximum Gasteiger partial charge on any atom is 0.311 e. The Balaban J connectivity index is 0.00000122. The van der Waals surface area contributed by atoms with Gasteiger partial charge in [-0.15, -0.1) is 10.1 Å². The van der Waals surface area contributed by atoms with Crippen LogP contribution in [0.15, 0.2) is 12.1 Å². The fourth-order valence-corrected chi connectivity index (χ4v) is 2.34. The second kappa shape index (κ2) is 10.8. The molecule has 154 valence electrons. The van der Waals surface area contributed by atoms with E-state index < -0.39 is 27.5 Å². The number of carbonyl (C=O) groups is 2. The van der Waals surface area contributed by atoms with Gasteiger partial charge in [-0.2, -0.15) is 0 Å². The molecule has 0 radical (unpaired) electrons. The summed E-state index contributed by atoms with van der Waals surface area (Å²) in [6, 6.07) is 2.21. The first-order chi connectivity index (χ1) is 13.3. The summed E-state index contributed by atoms with van der Waals surface area (Å²) in [6.45, 7) is 1.68. The van der Waals surface area contributed by atoms with E-state index in [0.717, 1.165) is 11.0 Å². The predicted octanol–water partition coefficient (Wildman–Crippen LogP) is 1.41. The third kappa shape index (κ3) is 5.61. The fourth-order valence-electron chi connectivity index (χ4n) is 2.34. The lowest BCUT2D eigenvalue weighted by Crippen LogP contribution is -2.31. The number of hydrogen-bond donors (Lipinski definition) is 1. The Morgan fingerprint density at radius 3 is 2.14 bits per heavy atom. The topological polar surface area (TPSA) is 154 Å². The molecule has 1 heterocycles. The number of ether oxygens (including phenoxy) is 1. The minimum absolute atomic E-state index is 0.0110. The van der Waals surface area contributed by atoms with Gasteiger partial charge in [0.15, 0.2) is 5.75 Å². The van der Waals surface area contributed by atoms with E-state index >= 15 is 0 Å². The quantitative estimate of drug-likeness (QED) is 0.281. The summed E-state index contributed by atoms with van der Waals surface area (Å²) in [6.07, 6.45) is 0.678. The largest absolute Gasteiger partial charge is 0.487 e. The molecule has 0 saturated carbocycles. The molecular weight excluding hydrogens is 376 g/mol. The number of nitrogens with zero attached hydrogens (tertiary/aromatic N) is 3. The third-order valence-corrected chi connectivity index (χ3v) is 3.43. The van der Waals surface area contributed by atoms with E-state index in [4.69, 9.17) is 4.74 Å². The van der Waals surface area contributed by atoms with Crippen molar-refractivity contribution in [2.45, 2.75) is 19.8 Å². The Labute approximate surface area is 160 Å². The van der Waals surface area contributed by atoms with Gasteiger partial charge in [0.2, 0.25) is 0 Å². The summed E-state index contributed by atoms with van der Waals surface area (Å²) in [7, 11) is 3.75. The smallest absolute Gasteiger partial charge is 0.311 e. The number of nitro groups is 1. The molecular formula is C16H22N4O8. The van der Waals surface area contributed by atoms with Gasteiger partial charge in [0.25, 0.3) is 16.9 Å². The highest BCUT2D eigenvalue weighted by Crippen LogP contribution is 2.35. The number of nitrogens with one attached hydrogen (secondary N) is 1. The highest BCUT2D eigenvalue weighted by Gasteiger charge is 2.38. The molecule has 2 amide bonds. The maximum atomic E-state index is 12.3. The molecule has 0 atom stereocenters. The van der Waals surface area contributed by atoms with E-state index in [1.54, 1.807) is 0 Å². The molecule has 12 nitrogen and oxygen atoms in total. The minimum Gasteiger partial charge on any atom is -0.487 e. The molecule has 0 spiro atoms. The predicted molar refractivity (Wildman–Crippen MR) is 96.8 cm³/mol. The minimum atomic E-state index is -0.969. The maximum absolute atomic E-state index is 12.3. The van der Waals surface area contributed by atoms with E-state index in [2.05, 4.69) is 10.2 Å². The van der Waals surface area contributed by atoms with Crippen LogP contribution in [0, 0.1) is 20.2 Å². The standard InChI is InChI=1S/C14H15N3O8.C2H7N/c1-2-5-24-12-8-10-9(7-11(12)16(20)21)13(18)15(14(10)19)4-3-6-25-17(22)23;1-3-2/h7-8H,2-6H2,1H3;3H,1-2H3. The average molecular weight is 398 g/mol. The van der Waals surface area contributed by atoms with E-state index in [-0.39, 0.29) is 43.1 Å². The number of fused-ring (bicyclic) bond motifs is 1. The van der Waals surface area contributed by atoms with Crippen molar-refractivity contribution in [3.05, 3.63) is 43.5 Å². The lowest BCUT2D eigenvalue weighted by Gasteiger charge is -2.12. The van der Waals surface area contributed by atoms with E-state index in [1.807, 2.05) is 21.0 Å². The molecule has 0 bridgehead atoms. The van der Waals surface area contributed by atoms with Crippen LogP contribution in [0.1, 0.15) is 40.5 Å². The number of benzene rings is 1. The Hall–Kier alpha value is -3.28. The van der Waals surface area contributed by atoms with Crippen LogP contribution in [-0.4, -0.2) is 60.6 Å². The molecule has 1 aromatic carbocycles. The molecule has 0 unspecified atom stereocenters. The van der Waals surface area contributed by atoms with Crippen molar-refractivity contribution in [1.29, 1.82) is 0 Å². The van der Waals surface area contributed by atoms with E-state index in [1.165, 1.54) is 6.07 Å². The van der Waals surface area contributed by atoms with Crippen LogP contribution in [0.5, 0.6) is 5.75 Å². The van der Waals surface area contributed by atoms with Gasteiger partial charge in [-0.1, -0.05) is 6.92 Å². The first-order valence-corrected chi connectivity index (χ1v) is 8.45. The van der Waals surface area contributed by atoms with Crippen molar-refractivity contribution in [3.8, 4) is 5.75 Å². The summed E-state index contributed by atoms with van der Waals surface area (Å²) in [5.41, 5.74) is -0.473. The molecule has 0 saturated heterocycles. The molecule has 28 heavy (non-hydrogen) atoms. The normalized spacial score (nSPS) is 12.2. The molecule has 1 aliphatic heterocycles. The number of carbonyl (C=O) groups excluding carboxylic acids is 2. The average Bonchev–Trinajstić information content (AvgIpc) is 2.87. The Morgan fingerprint density at radius 1 is 1.07 bits per heavy atom. The zero-order valence-corrected chi connectivity index (χ0v) is 15.8. The van der Waals surface area contributed by atoms with Crippen LogP contribution in [-0.2, 0) is 4.84 Å². The van der Waals surface area contributed by atoms with Gasteiger partial charge in [0.05, 0.1) is 29.3 Å². The monoisotopic (exact) mass is 398 g/mol. The van der Waals surface area contributed by atoms with Crippen LogP contribution in [0.4, 0.5) is 5.69 Å². The molecule has 2 rings (SSSR count). The summed E-state index contributed by atoms with van der Waals surface area (Å²) in [4.78, 5) is 50.2. The number of nitro benzene ring substituents is 1. The van der Waals surface area contributed by atoms with Crippen molar-refractivity contribution in [2.75, 3.05) is 33.9 Å². The van der Waals surface area contributed by atoms with Gasteiger partial charge in [-0.05, 0) is 26.9 Å². The van der Waals surface area contributed by atoms with Crippen LogP contribution >= 0.6 is 0 Å². The molecule has 1 N–H and O–H groups in total. The number of hydrogen-bond acceptors (Lipinski definition) is 9. The highest BCUT2D eigenvalue weighted by atomic mass is 16.9. The van der Waals surface area contributed by atoms with Crippen molar-refractivity contribution >= 4 is 17.5 Å². The Kier molecular flexibility index (Phi) is 8.75. The SMILES string of the molecule is CCCOc1cc2c(cc1[N+](=O)[O-])C(=O)N(CCCO[N+](=O)[O-])C2=O.CNC. The summed E-state index contributed by atoms with van der Waals surface area (Å²) in [5, 5.41) is 23.0. The second-order valence-corrected chi connectivity index (χ2v) is 5.64. The van der Waals surface area contributed by atoms with Gasteiger partial charge >= 0.3 is 5.69 Å². The lowest BCUT2D eigenvalue weighted by atomic mass is 10.1. The summed E-state index contributed by atoms with van der Waals surface area (Å²) >= 11 is 0. The Morgan fingerprint density at radius 2 is 1.64 bits per heavy atom. The highest BCUT2D eigenvalue weighted by molar-refractivity contribution is 6.21. The third-order valence-electron chi connectivity index (χ3n) is 3.43. The Bertz CT molecular complexity index is 752. The van der Waals surface area contributed by atoms with Crippen molar-refractivity contribution < 1.29 is 29.2 Å². The molecule has 12 heteroatoms. The van der Waals surface area contributed by atoms with E-state index in [0.29, 0.717) is 6.42 Å². The van der Waals surface area contributed by atoms with Crippen LogP contribution in [0.3, 0.4) is 0 Å². The van der Waals surface area contributed by atoms with Gasteiger partial charge < -0.3 is 14.9 Å². The van der Waals surface area contributed by atoms with Gasteiger partial charge in [-0.3, -0.25) is 24.6 Å². The van der Waals surface area contributed by atoms with Gasteiger partial charge in [0, 0.05) is 18.7 Å². The van der Waals surface area contributed by atoms with Gasteiger partial charge in [0.1, 0.15) is 0 Å². The summed E-state index contributed by atoms with van der Waals surface area (Å²) in [5.74, 6) is -1.39. The molecule has 0 aliphatic carbocycles. The molecule has 0 aromatic heterocycles. The number of imide groups is 1. The first-order valence-electron chi connectivity index (χ1n) is 8.45. The zero-order chi connectivity index (χ0) is 21.3. The van der Waals surface area contributed by atoms with Crippen molar-refractivity contribution in [1.82, 2.24) is 10.2 Å². The lowest BCUT2D eigenvalue weighted by molar-refractivity contribution is -0.757. The number of amides is 2. The molecule has 1 aliphatic rings.